The molecule has 0 fully saturated rings. The number of nitrogens with zero attached hydrogens (tertiary/aromatic N) is 5. The number of aromatic nitrogens is 6. The normalized spacial score (nSPS) is 16.3. The van der Waals surface area contributed by atoms with E-state index >= 15 is 0 Å². The van der Waals surface area contributed by atoms with Gasteiger partial charge < -0.3 is 10.4 Å². The summed E-state index contributed by atoms with van der Waals surface area (Å²) in [7, 11) is 0. The van der Waals surface area contributed by atoms with Crippen LogP contribution in [0.15, 0.2) is 24.5 Å². The van der Waals surface area contributed by atoms with E-state index in [0.717, 1.165) is 35.5 Å². The van der Waals surface area contributed by atoms with Gasteiger partial charge >= 0.3 is 5.97 Å². The van der Waals surface area contributed by atoms with E-state index in [-0.39, 0.29) is 11.7 Å². The minimum Gasteiger partial charge on any atom is -0.476 e. The van der Waals surface area contributed by atoms with Gasteiger partial charge in [-0.15, -0.1) is 0 Å². The van der Waals surface area contributed by atoms with Crippen molar-refractivity contribution in [3.8, 4) is 11.4 Å². The van der Waals surface area contributed by atoms with Crippen LogP contribution in [0.25, 0.3) is 11.4 Å². The van der Waals surface area contributed by atoms with Gasteiger partial charge in [-0.2, -0.15) is 10.2 Å². The third kappa shape index (κ3) is 3.45. The molecule has 0 bridgehead atoms. The zero-order valence-corrected chi connectivity index (χ0v) is 15.0. The molecule has 0 spiro atoms. The standard InChI is InChI=1S/C18H21N7O2/c1-2-25-14-4-3-12(9-13(14)16(24-25)18(26)27)20-10-15-21-17(23-22-15)11-5-7-19-8-6-11/h5-8,12,20H,2-4,9-10H2,1H3,(H,26,27)(H,21,22,23)/t12-/m0/s1. The zero-order valence-electron chi connectivity index (χ0n) is 15.0. The summed E-state index contributed by atoms with van der Waals surface area (Å²) in [5, 5.41) is 24.3. The Morgan fingerprint density at radius 3 is 2.96 bits per heavy atom. The lowest BCUT2D eigenvalue weighted by molar-refractivity contribution is 0.0688. The minimum absolute atomic E-state index is 0.179. The van der Waals surface area contributed by atoms with E-state index in [9.17, 15) is 9.90 Å². The molecule has 3 heterocycles. The summed E-state index contributed by atoms with van der Waals surface area (Å²) in [5.41, 5.74) is 2.99. The molecular formula is C18H21N7O2. The van der Waals surface area contributed by atoms with Crippen LogP contribution in [-0.2, 0) is 25.9 Å². The van der Waals surface area contributed by atoms with Gasteiger partial charge in [0.2, 0.25) is 0 Å². The van der Waals surface area contributed by atoms with Crippen LogP contribution in [0, 0.1) is 0 Å². The lowest BCUT2D eigenvalue weighted by Crippen LogP contribution is -2.35. The first-order valence-electron chi connectivity index (χ1n) is 9.02. The van der Waals surface area contributed by atoms with Crippen LogP contribution < -0.4 is 5.32 Å². The first-order valence-corrected chi connectivity index (χ1v) is 9.02. The molecule has 27 heavy (non-hydrogen) atoms. The number of hydrogen-bond donors (Lipinski definition) is 3. The predicted octanol–water partition coefficient (Wildman–Crippen LogP) is 1.43. The maximum absolute atomic E-state index is 11.5. The number of nitrogens with one attached hydrogen (secondary N) is 2. The van der Waals surface area contributed by atoms with Gasteiger partial charge in [-0.25, -0.2) is 9.78 Å². The van der Waals surface area contributed by atoms with Gasteiger partial charge in [0.1, 0.15) is 5.82 Å². The molecule has 0 saturated heterocycles. The first kappa shape index (κ1) is 17.3. The number of carboxylic acids is 1. The molecule has 1 aliphatic rings. The summed E-state index contributed by atoms with van der Waals surface area (Å²) in [6, 6.07) is 3.91. The van der Waals surface area contributed by atoms with Crippen molar-refractivity contribution in [2.45, 2.75) is 45.3 Å². The fraction of sp³-hybridized carbons (Fsp3) is 0.389. The summed E-state index contributed by atoms with van der Waals surface area (Å²) in [4.78, 5) is 20.0. The topological polar surface area (TPSA) is 122 Å². The molecule has 0 radical (unpaired) electrons. The molecule has 0 unspecified atom stereocenters. The fourth-order valence-corrected chi connectivity index (χ4v) is 3.54. The Morgan fingerprint density at radius 1 is 1.41 bits per heavy atom. The van der Waals surface area contributed by atoms with Crippen LogP contribution in [0.3, 0.4) is 0 Å². The Hall–Kier alpha value is -3.07. The predicted molar refractivity (Wildman–Crippen MR) is 97.1 cm³/mol. The van der Waals surface area contributed by atoms with Crippen LogP contribution in [0.4, 0.5) is 0 Å². The van der Waals surface area contributed by atoms with E-state index in [0.29, 0.717) is 25.3 Å². The number of fused-ring (bicyclic) bond motifs is 1. The Bertz CT molecular complexity index is 948. The van der Waals surface area contributed by atoms with Crippen LogP contribution in [-0.4, -0.2) is 47.1 Å². The molecule has 3 aromatic rings. The number of aryl methyl sites for hydroxylation is 1. The molecule has 0 aromatic carbocycles. The smallest absolute Gasteiger partial charge is 0.356 e. The van der Waals surface area contributed by atoms with Crippen molar-refractivity contribution in [3.63, 3.8) is 0 Å². The molecule has 3 N–H and O–H groups in total. The molecule has 9 nitrogen and oxygen atoms in total. The Labute approximate surface area is 155 Å². The quantitative estimate of drug-likeness (QED) is 0.602. The Morgan fingerprint density at radius 2 is 2.22 bits per heavy atom. The van der Waals surface area contributed by atoms with Gasteiger partial charge in [-0.3, -0.25) is 14.8 Å². The molecule has 9 heteroatoms. The van der Waals surface area contributed by atoms with Crippen LogP contribution in [0.2, 0.25) is 0 Å². The van der Waals surface area contributed by atoms with Gasteiger partial charge in [0, 0.05) is 41.8 Å². The van der Waals surface area contributed by atoms with Crippen molar-refractivity contribution in [1.82, 2.24) is 35.3 Å². The van der Waals surface area contributed by atoms with E-state index in [2.05, 4.69) is 30.6 Å². The SMILES string of the molecule is CCn1nc(C(=O)O)c2c1CC[C@H](NCc1nc(-c3ccncc3)n[nH]1)C2. The molecule has 1 aliphatic carbocycles. The van der Waals surface area contributed by atoms with Gasteiger partial charge in [-0.05, 0) is 38.3 Å². The highest BCUT2D eigenvalue weighted by Crippen LogP contribution is 2.25. The second kappa shape index (κ2) is 7.28. The lowest BCUT2D eigenvalue weighted by atomic mass is 9.91. The third-order valence-corrected chi connectivity index (χ3v) is 4.88. The number of hydrogen-bond acceptors (Lipinski definition) is 6. The second-order valence-corrected chi connectivity index (χ2v) is 6.56. The van der Waals surface area contributed by atoms with E-state index in [4.69, 9.17) is 0 Å². The van der Waals surface area contributed by atoms with Gasteiger partial charge in [0.25, 0.3) is 0 Å². The highest BCUT2D eigenvalue weighted by atomic mass is 16.4. The van der Waals surface area contributed by atoms with Crippen molar-refractivity contribution in [1.29, 1.82) is 0 Å². The maximum Gasteiger partial charge on any atom is 0.356 e. The molecule has 1 atom stereocenters. The molecule has 0 saturated carbocycles. The molecule has 0 amide bonds. The summed E-state index contributed by atoms with van der Waals surface area (Å²) in [5.74, 6) is 0.421. The van der Waals surface area contributed by atoms with Gasteiger partial charge in [0.05, 0.1) is 6.54 Å². The average Bonchev–Trinajstić information content (AvgIpc) is 3.31. The highest BCUT2D eigenvalue weighted by Gasteiger charge is 2.28. The van der Waals surface area contributed by atoms with Crippen molar-refractivity contribution < 1.29 is 9.90 Å². The number of aromatic carboxylic acids is 1. The zero-order chi connectivity index (χ0) is 18.8. The third-order valence-electron chi connectivity index (χ3n) is 4.88. The molecular weight excluding hydrogens is 346 g/mol. The number of carbonyl (C=O) groups is 1. The number of rotatable bonds is 6. The lowest BCUT2D eigenvalue weighted by Gasteiger charge is -2.23. The van der Waals surface area contributed by atoms with Crippen LogP contribution in [0.1, 0.15) is 40.9 Å². The minimum atomic E-state index is -0.962. The number of aromatic amines is 1. The number of pyridine rings is 1. The average molecular weight is 367 g/mol. The second-order valence-electron chi connectivity index (χ2n) is 6.56. The van der Waals surface area contributed by atoms with Crippen molar-refractivity contribution in [2.75, 3.05) is 0 Å². The van der Waals surface area contributed by atoms with Crippen LogP contribution >= 0.6 is 0 Å². The maximum atomic E-state index is 11.5. The molecule has 140 valence electrons. The summed E-state index contributed by atoms with van der Waals surface area (Å²) in [6.07, 6.45) is 5.82. The summed E-state index contributed by atoms with van der Waals surface area (Å²) in [6.45, 7) is 3.21. The summed E-state index contributed by atoms with van der Waals surface area (Å²) < 4.78 is 1.81. The highest BCUT2D eigenvalue weighted by molar-refractivity contribution is 5.87. The summed E-state index contributed by atoms with van der Waals surface area (Å²) >= 11 is 0. The Balaban J connectivity index is 1.43. The number of H-pyrrole nitrogens is 1. The van der Waals surface area contributed by atoms with Crippen LogP contribution in [0.5, 0.6) is 0 Å². The molecule has 3 aromatic heterocycles. The van der Waals surface area contributed by atoms with E-state index in [1.165, 1.54) is 0 Å². The monoisotopic (exact) mass is 367 g/mol. The van der Waals surface area contributed by atoms with E-state index in [1.807, 2.05) is 23.7 Å². The van der Waals surface area contributed by atoms with Crippen molar-refractivity contribution >= 4 is 5.97 Å². The van der Waals surface area contributed by atoms with Crippen molar-refractivity contribution in [2.24, 2.45) is 0 Å². The first-order chi connectivity index (χ1) is 13.2. The van der Waals surface area contributed by atoms with Crippen molar-refractivity contribution in [3.05, 3.63) is 47.3 Å². The largest absolute Gasteiger partial charge is 0.476 e. The van der Waals surface area contributed by atoms with Gasteiger partial charge in [0.15, 0.2) is 11.5 Å². The van der Waals surface area contributed by atoms with E-state index in [1.54, 1.807) is 12.4 Å². The van der Waals surface area contributed by atoms with E-state index < -0.39 is 5.97 Å². The van der Waals surface area contributed by atoms with Gasteiger partial charge in [-0.1, -0.05) is 0 Å². The number of carboxylic acid groups (broad SMARTS) is 1. The Kier molecular flexibility index (Phi) is 4.68. The molecule has 0 aliphatic heterocycles. The fourth-order valence-electron chi connectivity index (χ4n) is 3.54. The molecule has 4 rings (SSSR count).